The molecule has 2 fully saturated rings. The van der Waals surface area contributed by atoms with Crippen molar-refractivity contribution in [1.82, 2.24) is 20.4 Å². The van der Waals surface area contributed by atoms with E-state index in [2.05, 4.69) is 58.8 Å². The lowest BCUT2D eigenvalue weighted by molar-refractivity contribution is -0.129. The number of nitrogens with one attached hydrogen (secondary N) is 2. The molecule has 2 N–H and O–H groups in total. The van der Waals surface area contributed by atoms with Crippen LogP contribution in [0.1, 0.15) is 63.3 Å². The summed E-state index contributed by atoms with van der Waals surface area (Å²) in [6.45, 7) is 8.90. The van der Waals surface area contributed by atoms with Crippen LogP contribution in [0.3, 0.4) is 0 Å². The van der Waals surface area contributed by atoms with Crippen molar-refractivity contribution in [1.29, 1.82) is 0 Å². The number of carbonyl (C=O) groups is 1. The van der Waals surface area contributed by atoms with Gasteiger partial charge in [-0.3, -0.25) is 14.7 Å². The van der Waals surface area contributed by atoms with Crippen LogP contribution in [0.15, 0.2) is 22.5 Å². The predicted molar refractivity (Wildman–Crippen MR) is 126 cm³/mol. The molecule has 3 rings (SSSR count). The van der Waals surface area contributed by atoms with E-state index in [4.69, 9.17) is 4.99 Å². The van der Waals surface area contributed by atoms with Gasteiger partial charge >= 0.3 is 0 Å². The number of hydrogen-bond acceptors (Lipinski definition) is 4. The molecule has 0 aromatic carbocycles. The van der Waals surface area contributed by atoms with Crippen molar-refractivity contribution in [3.05, 3.63) is 22.4 Å². The number of likely N-dealkylation sites (tertiary alicyclic amines) is 2. The zero-order valence-corrected chi connectivity index (χ0v) is 19.7. The SMILES string of the molecule is CCNC(=NCC1CCCN(C)C1c1cccs1)NCCC(CC)N1CCCC1=O. The van der Waals surface area contributed by atoms with E-state index < -0.39 is 0 Å². The Bertz CT molecular complexity index is 677. The predicted octanol–water partition coefficient (Wildman–Crippen LogP) is 3.48. The standard InChI is InChI=1S/C23H39N5OS/c1-4-19(28-15-7-11-21(28)29)12-13-25-23(24-5-2)26-17-18-9-6-14-27(3)22(18)20-10-8-16-30-20/h8,10,16,18-19,22H,4-7,9,11-15,17H2,1-3H3,(H2,24,25,26). The number of hydrogen-bond donors (Lipinski definition) is 2. The average Bonchev–Trinajstić information content (AvgIpc) is 3.41. The third kappa shape index (κ3) is 5.97. The molecule has 2 aliphatic rings. The number of amides is 1. The van der Waals surface area contributed by atoms with Gasteiger partial charge in [0.1, 0.15) is 0 Å². The maximum atomic E-state index is 12.1. The first-order chi connectivity index (χ1) is 14.6. The number of thiophene rings is 1. The number of guanidine groups is 1. The lowest BCUT2D eigenvalue weighted by Crippen LogP contribution is -2.42. The average molecular weight is 434 g/mol. The Hall–Kier alpha value is -1.60. The Morgan fingerprint density at radius 2 is 2.17 bits per heavy atom. The van der Waals surface area contributed by atoms with E-state index in [-0.39, 0.29) is 0 Å². The maximum Gasteiger partial charge on any atom is 0.222 e. The fourth-order valence-corrected chi connectivity index (χ4v) is 5.89. The van der Waals surface area contributed by atoms with Crippen molar-refractivity contribution in [2.75, 3.05) is 39.8 Å². The molecule has 1 aromatic heterocycles. The summed E-state index contributed by atoms with van der Waals surface area (Å²) >= 11 is 1.86. The normalized spacial score (nSPS) is 24.3. The van der Waals surface area contributed by atoms with Crippen molar-refractivity contribution in [2.24, 2.45) is 10.9 Å². The van der Waals surface area contributed by atoms with Gasteiger partial charge in [0.15, 0.2) is 5.96 Å². The summed E-state index contributed by atoms with van der Waals surface area (Å²) in [5, 5.41) is 9.09. The summed E-state index contributed by atoms with van der Waals surface area (Å²) < 4.78 is 0. The molecule has 3 atom stereocenters. The monoisotopic (exact) mass is 433 g/mol. The van der Waals surface area contributed by atoms with E-state index in [0.29, 0.717) is 23.9 Å². The second kappa shape index (κ2) is 11.7. The minimum absolute atomic E-state index is 0.323. The molecule has 1 amide bonds. The molecular formula is C23H39N5OS. The van der Waals surface area contributed by atoms with Crippen LogP contribution in [0, 0.1) is 5.92 Å². The van der Waals surface area contributed by atoms with Crippen molar-refractivity contribution in [3.63, 3.8) is 0 Å². The Kier molecular flexibility index (Phi) is 9.00. The van der Waals surface area contributed by atoms with Gasteiger partial charge in [-0.25, -0.2) is 0 Å². The van der Waals surface area contributed by atoms with Gasteiger partial charge in [-0.05, 0) is 70.0 Å². The van der Waals surface area contributed by atoms with E-state index in [1.54, 1.807) is 0 Å². The number of aliphatic imine (C=N–C) groups is 1. The summed E-state index contributed by atoms with van der Waals surface area (Å²) in [6, 6.07) is 5.23. The summed E-state index contributed by atoms with van der Waals surface area (Å²) in [4.78, 5) is 23.1. The van der Waals surface area contributed by atoms with Crippen LogP contribution < -0.4 is 10.6 Å². The fourth-order valence-electron chi connectivity index (χ4n) is 4.90. The molecule has 2 saturated heterocycles. The third-order valence-electron chi connectivity index (χ3n) is 6.46. The lowest BCUT2D eigenvalue weighted by atomic mass is 9.88. The first kappa shape index (κ1) is 23.1. The van der Waals surface area contributed by atoms with Gasteiger partial charge in [-0.15, -0.1) is 11.3 Å². The lowest BCUT2D eigenvalue weighted by Gasteiger charge is -2.38. The smallest absolute Gasteiger partial charge is 0.222 e. The molecule has 0 radical (unpaired) electrons. The van der Waals surface area contributed by atoms with Crippen LogP contribution in [0.2, 0.25) is 0 Å². The second-order valence-corrected chi connectivity index (χ2v) is 9.51. The van der Waals surface area contributed by atoms with Crippen LogP contribution in [0.25, 0.3) is 0 Å². The molecule has 168 valence electrons. The summed E-state index contributed by atoms with van der Waals surface area (Å²) in [7, 11) is 2.24. The molecule has 0 aliphatic carbocycles. The molecule has 30 heavy (non-hydrogen) atoms. The molecule has 0 spiro atoms. The first-order valence-corrected chi connectivity index (χ1v) is 12.6. The van der Waals surface area contributed by atoms with Gasteiger partial charge in [-0.1, -0.05) is 13.0 Å². The van der Waals surface area contributed by atoms with Crippen LogP contribution >= 0.6 is 11.3 Å². The van der Waals surface area contributed by atoms with Crippen LogP contribution in [0.4, 0.5) is 0 Å². The number of carbonyl (C=O) groups excluding carboxylic acids is 1. The highest BCUT2D eigenvalue weighted by Gasteiger charge is 2.31. The summed E-state index contributed by atoms with van der Waals surface area (Å²) in [5.74, 6) is 1.77. The fraction of sp³-hybridized carbons (Fsp3) is 0.739. The van der Waals surface area contributed by atoms with E-state index in [0.717, 1.165) is 64.4 Å². The first-order valence-electron chi connectivity index (χ1n) is 11.7. The second-order valence-electron chi connectivity index (χ2n) is 8.53. The number of rotatable bonds is 9. The topological polar surface area (TPSA) is 60.0 Å². The Morgan fingerprint density at radius 3 is 2.83 bits per heavy atom. The molecule has 3 unspecified atom stereocenters. The van der Waals surface area contributed by atoms with Crippen molar-refractivity contribution >= 4 is 23.2 Å². The molecule has 0 bridgehead atoms. The molecule has 7 heteroatoms. The Labute approximate surface area is 186 Å². The highest BCUT2D eigenvalue weighted by molar-refractivity contribution is 7.10. The van der Waals surface area contributed by atoms with Gasteiger partial charge in [0.2, 0.25) is 5.91 Å². The largest absolute Gasteiger partial charge is 0.357 e. The van der Waals surface area contributed by atoms with Crippen LogP contribution in [0.5, 0.6) is 0 Å². The highest BCUT2D eigenvalue weighted by Crippen LogP contribution is 2.37. The molecule has 0 saturated carbocycles. The molecule has 3 heterocycles. The molecular weight excluding hydrogens is 394 g/mol. The van der Waals surface area contributed by atoms with Gasteiger partial charge in [-0.2, -0.15) is 0 Å². The summed E-state index contributed by atoms with van der Waals surface area (Å²) in [5.41, 5.74) is 0. The van der Waals surface area contributed by atoms with Gasteiger partial charge in [0.05, 0.1) is 0 Å². The molecule has 6 nitrogen and oxygen atoms in total. The minimum atomic E-state index is 0.323. The Balaban J connectivity index is 1.56. The van der Waals surface area contributed by atoms with Gasteiger partial charge < -0.3 is 15.5 Å². The molecule has 2 aliphatic heterocycles. The zero-order valence-electron chi connectivity index (χ0n) is 18.9. The van der Waals surface area contributed by atoms with E-state index in [1.165, 1.54) is 17.7 Å². The molecule has 1 aromatic rings. The summed E-state index contributed by atoms with van der Waals surface area (Å²) in [6.07, 6.45) is 6.17. The maximum absolute atomic E-state index is 12.1. The van der Waals surface area contributed by atoms with Gasteiger partial charge in [0, 0.05) is 49.6 Å². The number of piperidine rings is 1. The zero-order chi connectivity index (χ0) is 21.3. The van der Waals surface area contributed by atoms with E-state index in [9.17, 15) is 4.79 Å². The van der Waals surface area contributed by atoms with Crippen LogP contribution in [-0.4, -0.2) is 67.5 Å². The highest BCUT2D eigenvalue weighted by atomic mass is 32.1. The van der Waals surface area contributed by atoms with Crippen molar-refractivity contribution in [3.8, 4) is 0 Å². The van der Waals surface area contributed by atoms with E-state index >= 15 is 0 Å². The third-order valence-corrected chi connectivity index (χ3v) is 7.40. The minimum Gasteiger partial charge on any atom is -0.357 e. The van der Waals surface area contributed by atoms with Gasteiger partial charge in [0.25, 0.3) is 0 Å². The quantitative estimate of drug-likeness (QED) is 0.462. The number of nitrogens with zero attached hydrogens (tertiary/aromatic N) is 3. The van der Waals surface area contributed by atoms with E-state index in [1.807, 2.05) is 11.3 Å². The van der Waals surface area contributed by atoms with Crippen LogP contribution in [-0.2, 0) is 4.79 Å². The van der Waals surface area contributed by atoms with Crippen molar-refractivity contribution in [2.45, 2.75) is 64.5 Å². The van der Waals surface area contributed by atoms with Crippen molar-refractivity contribution < 1.29 is 4.79 Å². The Morgan fingerprint density at radius 1 is 1.30 bits per heavy atom.